The highest BCUT2D eigenvalue weighted by Gasteiger charge is 2.30. The minimum absolute atomic E-state index is 0.0639. The Morgan fingerprint density at radius 1 is 1.33 bits per heavy atom. The van der Waals surface area contributed by atoms with Crippen LogP contribution >= 0.6 is 0 Å². The first-order valence-corrected chi connectivity index (χ1v) is 7.57. The van der Waals surface area contributed by atoms with Crippen LogP contribution in [0.3, 0.4) is 0 Å². The largest absolute Gasteiger partial charge is 0.374 e. The van der Waals surface area contributed by atoms with Gasteiger partial charge in [0.2, 0.25) is 0 Å². The lowest BCUT2D eigenvalue weighted by atomic mass is 9.99. The number of benzene rings is 1. The number of rotatable bonds is 5. The van der Waals surface area contributed by atoms with E-state index in [9.17, 15) is 8.78 Å². The maximum atomic E-state index is 13.5. The molecule has 0 aromatic heterocycles. The zero-order valence-corrected chi connectivity index (χ0v) is 12.9. The van der Waals surface area contributed by atoms with Gasteiger partial charge in [-0.05, 0) is 38.1 Å². The van der Waals surface area contributed by atoms with Crippen molar-refractivity contribution in [3.05, 3.63) is 35.4 Å². The molecule has 118 valence electrons. The van der Waals surface area contributed by atoms with Gasteiger partial charge in [-0.15, -0.1) is 0 Å². The van der Waals surface area contributed by atoms with Crippen LogP contribution in [0.2, 0.25) is 0 Å². The van der Waals surface area contributed by atoms with Gasteiger partial charge in [0.05, 0.1) is 18.8 Å². The van der Waals surface area contributed by atoms with E-state index in [-0.39, 0.29) is 12.1 Å². The monoisotopic (exact) mass is 298 g/mol. The number of nitrogens with zero attached hydrogens (tertiary/aromatic N) is 1. The van der Waals surface area contributed by atoms with Crippen LogP contribution in [0.5, 0.6) is 0 Å². The van der Waals surface area contributed by atoms with Crippen molar-refractivity contribution in [2.45, 2.75) is 39.0 Å². The van der Waals surface area contributed by atoms with Crippen molar-refractivity contribution in [2.24, 2.45) is 0 Å². The maximum Gasteiger partial charge on any atom is 0.159 e. The van der Waals surface area contributed by atoms with Gasteiger partial charge in [0.25, 0.3) is 0 Å². The van der Waals surface area contributed by atoms with Crippen molar-refractivity contribution in [3.63, 3.8) is 0 Å². The molecule has 0 spiro atoms. The van der Waals surface area contributed by atoms with Gasteiger partial charge >= 0.3 is 0 Å². The molecule has 0 radical (unpaired) electrons. The summed E-state index contributed by atoms with van der Waals surface area (Å²) in [7, 11) is 0. The lowest BCUT2D eigenvalue weighted by Gasteiger charge is -2.39. The summed E-state index contributed by atoms with van der Waals surface area (Å²) >= 11 is 0. The molecule has 2 rings (SSSR count). The van der Waals surface area contributed by atoms with Gasteiger partial charge in [-0.3, -0.25) is 4.90 Å². The third-order valence-corrected chi connectivity index (χ3v) is 3.95. The quantitative estimate of drug-likeness (QED) is 0.904. The summed E-state index contributed by atoms with van der Waals surface area (Å²) in [6.07, 6.45) is -0.0639. The average Bonchev–Trinajstić information content (AvgIpc) is 2.48. The predicted octanol–water partition coefficient (Wildman–Crippen LogP) is 2.72. The smallest absolute Gasteiger partial charge is 0.159 e. The van der Waals surface area contributed by atoms with E-state index in [0.29, 0.717) is 12.6 Å². The van der Waals surface area contributed by atoms with Crippen molar-refractivity contribution in [3.8, 4) is 0 Å². The van der Waals surface area contributed by atoms with Gasteiger partial charge in [0, 0.05) is 19.1 Å². The second-order valence-electron chi connectivity index (χ2n) is 5.71. The molecule has 0 saturated carbocycles. The Morgan fingerprint density at radius 3 is 2.71 bits per heavy atom. The first kappa shape index (κ1) is 16.3. The first-order chi connectivity index (χ1) is 10.0. The summed E-state index contributed by atoms with van der Waals surface area (Å²) in [5.74, 6) is -1.63. The summed E-state index contributed by atoms with van der Waals surface area (Å²) < 4.78 is 32.5. The zero-order chi connectivity index (χ0) is 15.4. The van der Waals surface area contributed by atoms with E-state index in [4.69, 9.17) is 4.74 Å². The van der Waals surface area contributed by atoms with Gasteiger partial charge in [-0.2, -0.15) is 0 Å². The van der Waals surface area contributed by atoms with Crippen LogP contribution in [0.25, 0.3) is 0 Å². The topological polar surface area (TPSA) is 24.5 Å². The molecule has 1 heterocycles. The Kier molecular flexibility index (Phi) is 5.67. The van der Waals surface area contributed by atoms with E-state index in [2.05, 4.69) is 24.1 Å². The lowest BCUT2D eigenvalue weighted by molar-refractivity contribution is -0.0559. The summed E-state index contributed by atoms with van der Waals surface area (Å²) in [5, 5.41) is 3.33. The second kappa shape index (κ2) is 7.29. The molecule has 1 saturated heterocycles. The Bertz CT molecular complexity index is 468. The van der Waals surface area contributed by atoms with Crippen molar-refractivity contribution >= 4 is 0 Å². The Morgan fingerprint density at radius 2 is 2.10 bits per heavy atom. The van der Waals surface area contributed by atoms with Gasteiger partial charge in [-0.25, -0.2) is 8.78 Å². The third kappa shape index (κ3) is 3.99. The average molecular weight is 298 g/mol. The number of ether oxygens (including phenoxy) is 1. The summed E-state index contributed by atoms with van der Waals surface area (Å²) in [6, 6.07) is 4.39. The summed E-state index contributed by atoms with van der Waals surface area (Å²) in [6.45, 7) is 9.40. The lowest BCUT2D eigenvalue weighted by Crippen LogP contribution is -2.50. The molecule has 5 heteroatoms. The van der Waals surface area contributed by atoms with E-state index in [0.717, 1.165) is 25.2 Å². The molecule has 1 aromatic rings. The Hall–Kier alpha value is -1.04. The van der Waals surface area contributed by atoms with Crippen LogP contribution in [0.4, 0.5) is 8.78 Å². The third-order valence-electron chi connectivity index (χ3n) is 3.95. The van der Waals surface area contributed by atoms with Gasteiger partial charge < -0.3 is 10.1 Å². The molecule has 1 N–H and O–H groups in total. The van der Waals surface area contributed by atoms with Crippen LogP contribution in [0, 0.1) is 11.6 Å². The standard InChI is InChI=1S/C16H24F2N2O/c1-4-19-16(12-5-6-13(17)14(18)9-12)15-10-20(11(2)3)7-8-21-15/h5-6,9,11,15-16,19H,4,7-8,10H2,1-3H3. The van der Waals surface area contributed by atoms with Crippen LogP contribution in [0.15, 0.2) is 18.2 Å². The molecule has 1 aromatic carbocycles. The van der Waals surface area contributed by atoms with Gasteiger partial charge in [0.1, 0.15) is 0 Å². The molecule has 0 bridgehead atoms. The van der Waals surface area contributed by atoms with E-state index < -0.39 is 11.6 Å². The highest BCUT2D eigenvalue weighted by Crippen LogP contribution is 2.24. The minimum Gasteiger partial charge on any atom is -0.374 e. The van der Waals surface area contributed by atoms with Crippen LogP contribution < -0.4 is 5.32 Å². The second-order valence-corrected chi connectivity index (χ2v) is 5.71. The highest BCUT2D eigenvalue weighted by molar-refractivity contribution is 5.22. The fraction of sp³-hybridized carbons (Fsp3) is 0.625. The number of likely N-dealkylation sites (N-methyl/N-ethyl adjacent to an activating group) is 1. The molecule has 21 heavy (non-hydrogen) atoms. The van der Waals surface area contributed by atoms with Crippen LogP contribution in [-0.2, 0) is 4.74 Å². The first-order valence-electron chi connectivity index (χ1n) is 7.57. The van der Waals surface area contributed by atoms with Gasteiger partial charge in [0.15, 0.2) is 11.6 Å². The molecule has 2 unspecified atom stereocenters. The molecule has 1 aliphatic rings. The normalized spacial score (nSPS) is 21.7. The fourth-order valence-corrected chi connectivity index (χ4v) is 2.76. The van der Waals surface area contributed by atoms with Gasteiger partial charge in [-0.1, -0.05) is 13.0 Å². The number of nitrogens with one attached hydrogen (secondary N) is 1. The van der Waals surface area contributed by atoms with Crippen LogP contribution in [-0.4, -0.2) is 43.3 Å². The van der Waals surface area contributed by atoms with Crippen molar-refractivity contribution in [2.75, 3.05) is 26.2 Å². The number of morpholine rings is 1. The summed E-state index contributed by atoms with van der Waals surface area (Å²) in [4.78, 5) is 2.35. The molecule has 3 nitrogen and oxygen atoms in total. The molecular formula is C16H24F2N2O. The molecule has 0 aliphatic carbocycles. The number of hydrogen-bond acceptors (Lipinski definition) is 3. The molecular weight excluding hydrogens is 274 g/mol. The molecule has 2 atom stereocenters. The van der Waals surface area contributed by atoms with E-state index in [1.807, 2.05) is 6.92 Å². The van der Waals surface area contributed by atoms with Crippen molar-refractivity contribution < 1.29 is 13.5 Å². The molecule has 1 aliphatic heterocycles. The summed E-state index contributed by atoms with van der Waals surface area (Å²) in [5.41, 5.74) is 0.728. The fourth-order valence-electron chi connectivity index (χ4n) is 2.76. The van der Waals surface area contributed by atoms with E-state index >= 15 is 0 Å². The zero-order valence-electron chi connectivity index (χ0n) is 12.9. The van der Waals surface area contributed by atoms with E-state index in [1.54, 1.807) is 6.07 Å². The molecule has 1 fully saturated rings. The molecule has 0 amide bonds. The van der Waals surface area contributed by atoms with Crippen molar-refractivity contribution in [1.82, 2.24) is 10.2 Å². The Labute approximate surface area is 125 Å². The Balaban J connectivity index is 2.19. The minimum atomic E-state index is -0.817. The number of halogens is 2. The van der Waals surface area contributed by atoms with E-state index in [1.165, 1.54) is 12.1 Å². The highest BCUT2D eigenvalue weighted by atomic mass is 19.2. The SMILES string of the molecule is CCNC(c1ccc(F)c(F)c1)C1CN(C(C)C)CCO1. The maximum absolute atomic E-state index is 13.5. The van der Waals surface area contributed by atoms with Crippen molar-refractivity contribution in [1.29, 1.82) is 0 Å². The predicted molar refractivity (Wildman–Crippen MR) is 79.2 cm³/mol. The van der Waals surface area contributed by atoms with Crippen LogP contribution in [0.1, 0.15) is 32.4 Å². The number of hydrogen-bond donors (Lipinski definition) is 1.